The van der Waals surface area contributed by atoms with Crippen LogP contribution >= 0.6 is 0 Å². The van der Waals surface area contributed by atoms with Crippen LogP contribution in [0.15, 0.2) is 35.2 Å². The molecule has 0 heterocycles. The molecule has 31 heavy (non-hydrogen) atoms. The van der Waals surface area contributed by atoms with Crippen molar-refractivity contribution in [1.29, 1.82) is 0 Å². The average Bonchev–Trinajstić information content (AvgIpc) is 2.72. The number of benzene rings is 2. The molecule has 0 N–H and O–H groups in total. The standard InChI is InChI=1S/C25H38O4S.Na/c1-3-4-5-6-7-8-9-10-11-12-13-14-16-21-19-23-22(24(20-21)29-2)17-15-18-25(23)30(26,27)28;/h15,17-20H,3-14,16H2,1-2H3,(H,26,27,28);/q;+1/p-1. The van der Waals surface area contributed by atoms with Gasteiger partial charge in [0.2, 0.25) is 0 Å². The zero-order valence-electron chi connectivity index (χ0n) is 19.6. The van der Waals surface area contributed by atoms with E-state index in [2.05, 4.69) is 6.92 Å². The molecule has 0 spiro atoms. The summed E-state index contributed by atoms with van der Waals surface area (Å²) in [6.45, 7) is 2.25. The zero-order chi connectivity index (χ0) is 21.8. The first kappa shape index (κ1) is 28.4. The van der Waals surface area contributed by atoms with Crippen LogP contribution in [0.4, 0.5) is 0 Å². The summed E-state index contributed by atoms with van der Waals surface area (Å²) in [7, 11) is -2.95. The number of ether oxygens (including phenoxy) is 1. The molecular formula is C25H37NaO4S. The average molecular weight is 457 g/mol. The summed E-state index contributed by atoms with van der Waals surface area (Å²) >= 11 is 0. The summed E-state index contributed by atoms with van der Waals surface area (Å²) in [6.07, 6.45) is 16.5. The number of rotatable bonds is 15. The van der Waals surface area contributed by atoms with E-state index in [1.165, 1.54) is 76.7 Å². The molecule has 0 fully saturated rings. The summed E-state index contributed by atoms with van der Waals surface area (Å²) in [6, 6.07) is 8.54. The number of hydrogen-bond donors (Lipinski definition) is 0. The fourth-order valence-electron chi connectivity index (χ4n) is 4.08. The molecule has 2 aromatic carbocycles. The van der Waals surface area contributed by atoms with Crippen molar-refractivity contribution in [2.24, 2.45) is 0 Å². The molecule has 0 bridgehead atoms. The molecule has 0 saturated heterocycles. The largest absolute Gasteiger partial charge is 1.00 e. The van der Waals surface area contributed by atoms with Crippen LogP contribution in [0.2, 0.25) is 0 Å². The molecule has 0 aliphatic carbocycles. The Kier molecular flexibility index (Phi) is 14.0. The van der Waals surface area contributed by atoms with Crippen molar-refractivity contribution >= 4 is 20.9 Å². The molecule has 0 saturated carbocycles. The number of methoxy groups -OCH3 is 1. The minimum absolute atomic E-state index is 0. The van der Waals surface area contributed by atoms with E-state index >= 15 is 0 Å². The van der Waals surface area contributed by atoms with Crippen molar-refractivity contribution in [3.05, 3.63) is 35.9 Å². The van der Waals surface area contributed by atoms with Gasteiger partial charge in [-0.1, -0.05) is 89.7 Å². The van der Waals surface area contributed by atoms with Crippen LogP contribution in [0.25, 0.3) is 10.8 Å². The molecular weight excluding hydrogens is 419 g/mol. The maximum atomic E-state index is 11.6. The molecule has 6 heteroatoms. The monoisotopic (exact) mass is 456 g/mol. The molecule has 0 amide bonds. The van der Waals surface area contributed by atoms with E-state index in [1.807, 2.05) is 12.1 Å². The molecule has 0 atom stereocenters. The van der Waals surface area contributed by atoms with Gasteiger partial charge in [-0.05, 0) is 36.6 Å². The van der Waals surface area contributed by atoms with E-state index in [4.69, 9.17) is 4.74 Å². The molecule has 0 aromatic heterocycles. The van der Waals surface area contributed by atoms with Gasteiger partial charge in [-0.3, -0.25) is 0 Å². The SMILES string of the molecule is CCCCCCCCCCCCCCc1cc(OC)c2cccc(S(=O)(=O)[O-])c2c1.[Na+]. The van der Waals surface area contributed by atoms with Gasteiger partial charge in [-0.15, -0.1) is 0 Å². The van der Waals surface area contributed by atoms with E-state index in [0.29, 0.717) is 16.5 Å². The summed E-state index contributed by atoms with van der Waals surface area (Å²) in [5.74, 6) is 0.618. The van der Waals surface area contributed by atoms with Crippen LogP contribution < -0.4 is 34.3 Å². The minimum Gasteiger partial charge on any atom is -0.744 e. The van der Waals surface area contributed by atoms with Gasteiger partial charge in [-0.2, -0.15) is 0 Å². The van der Waals surface area contributed by atoms with Gasteiger partial charge in [0.05, 0.1) is 12.0 Å². The number of unbranched alkanes of at least 4 members (excludes halogenated alkanes) is 11. The van der Waals surface area contributed by atoms with Gasteiger partial charge in [0.15, 0.2) is 0 Å². The topological polar surface area (TPSA) is 66.4 Å². The predicted octanol–water partition coefficient (Wildman–Crippen LogP) is 4.00. The molecule has 0 aliphatic heterocycles. The molecule has 0 aliphatic rings. The van der Waals surface area contributed by atoms with Crippen molar-refractivity contribution in [3.63, 3.8) is 0 Å². The van der Waals surface area contributed by atoms with Crippen LogP contribution in [-0.2, 0) is 16.5 Å². The van der Waals surface area contributed by atoms with Crippen LogP contribution in [0.3, 0.4) is 0 Å². The van der Waals surface area contributed by atoms with Crippen LogP contribution in [0.5, 0.6) is 5.75 Å². The van der Waals surface area contributed by atoms with E-state index in [0.717, 1.165) is 18.4 Å². The first-order valence-corrected chi connectivity index (χ1v) is 12.9. The van der Waals surface area contributed by atoms with Gasteiger partial charge in [0.1, 0.15) is 15.9 Å². The van der Waals surface area contributed by atoms with Crippen molar-refractivity contribution in [1.82, 2.24) is 0 Å². The van der Waals surface area contributed by atoms with E-state index in [-0.39, 0.29) is 34.5 Å². The second kappa shape index (κ2) is 15.3. The predicted molar refractivity (Wildman–Crippen MR) is 123 cm³/mol. The Hall–Kier alpha value is -0.590. The summed E-state index contributed by atoms with van der Waals surface area (Å²) in [5.41, 5.74) is 1.02. The first-order chi connectivity index (χ1) is 14.5. The van der Waals surface area contributed by atoms with E-state index < -0.39 is 10.1 Å². The molecule has 0 unspecified atom stereocenters. The minimum atomic E-state index is -4.52. The first-order valence-electron chi connectivity index (χ1n) is 11.5. The normalized spacial score (nSPS) is 11.5. The third-order valence-electron chi connectivity index (χ3n) is 5.79. The van der Waals surface area contributed by atoms with Crippen molar-refractivity contribution < 1.29 is 47.3 Å². The number of fused-ring (bicyclic) bond motifs is 1. The van der Waals surface area contributed by atoms with Crippen molar-refractivity contribution in [2.75, 3.05) is 7.11 Å². The Bertz CT molecular complexity index is 880. The second-order valence-electron chi connectivity index (χ2n) is 8.24. The maximum Gasteiger partial charge on any atom is 1.00 e. The smallest absolute Gasteiger partial charge is 0.744 e. The number of aryl methyl sites for hydroxylation is 1. The van der Waals surface area contributed by atoms with Crippen LogP contribution in [0, 0.1) is 0 Å². The maximum absolute atomic E-state index is 11.6. The third kappa shape index (κ3) is 9.83. The Balaban J connectivity index is 0.00000480. The van der Waals surface area contributed by atoms with E-state index in [9.17, 15) is 13.0 Å². The van der Waals surface area contributed by atoms with E-state index in [1.54, 1.807) is 19.2 Å². The summed E-state index contributed by atoms with van der Waals surface area (Å²) in [5, 5.41) is 1.12. The van der Waals surface area contributed by atoms with Gasteiger partial charge in [0, 0.05) is 10.8 Å². The Morgan fingerprint density at radius 1 is 0.806 bits per heavy atom. The molecule has 168 valence electrons. The third-order valence-corrected chi connectivity index (χ3v) is 6.68. The quantitative estimate of drug-likeness (QED) is 0.231. The number of hydrogen-bond acceptors (Lipinski definition) is 4. The molecule has 4 nitrogen and oxygen atoms in total. The van der Waals surface area contributed by atoms with Crippen molar-refractivity contribution in [2.45, 2.75) is 95.3 Å². The van der Waals surface area contributed by atoms with Crippen molar-refractivity contribution in [3.8, 4) is 5.75 Å². The van der Waals surface area contributed by atoms with Gasteiger partial charge in [0.25, 0.3) is 0 Å². The van der Waals surface area contributed by atoms with Crippen LogP contribution in [-0.4, -0.2) is 20.1 Å². The van der Waals surface area contributed by atoms with Crippen LogP contribution in [0.1, 0.15) is 89.5 Å². The Morgan fingerprint density at radius 2 is 1.35 bits per heavy atom. The Morgan fingerprint density at radius 3 is 1.87 bits per heavy atom. The summed E-state index contributed by atoms with van der Waals surface area (Å²) in [4.78, 5) is -0.171. The zero-order valence-corrected chi connectivity index (χ0v) is 22.4. The van der Waals surface area contributed by atoms with Gasteiger partial charge >= 0.3 is 29.6 Å². The molecule has 0 radical (unpaired) electrons. The molecule has 2 rings (SSSR count). The van der Waals surface area contributed by atoms with Gasteiger partial charge < -0.3 is 9.29 Å². The molecule has 2 aromatic rings. The summed E-state index contributed by atoms with van der Waals surface area (Å²) < 4.78 is 40.4. The second-order valence-corrected chi connectivity index (χ2v) is 9.59. The fourth-order valence-corrected chi connectivity index (χ4v) is 4.77. The van der Waals surface area contributed by atoms with Gasteiger partial charge in [-0.25, -0.2) is 8.42 Å². The Labute approximate surface area is 211 Å². The fraction of sp³-hybridized carbons (Fsp3) is 0.600.